The van der Waals surface area contributed by atoms with Crippen LogP contribution in [0.25, 0.3) is 0 Å². The van der Waals surface area contributed by atoms with E-state index in [1.807, 2.05) is 19.1 Å². The zero-order valence-electron chi connectivity index (χ0n) is 10.6. The summed E-state index contributed by atoms with van der Waals surface area (Å²) in [6.07, 6.45) is 1.58. The number of aromatic nitrogens is 1. The Bertz CT molecular complexity index is 625. The highest BCUT2D eigenvalue weighted by molar-refractivity contribution is 9.11. The maximum atomic E-state index is 11.7. The number of anilines is 1. The summed E-state index contributed by atoms with van der Waals surface area (Å²) in [7, 11) is 0. The smallest absolute Gasteiger partial charge is 0.338 e. The van der Waals surface area contributed by atoms with Crippen LogP contribution in [0.1, 0.15) is 15.9 Å². The first kappa shape index (κ1) is 14.7. The number of carbonyl (C=O) groups excluding carboxylic acids is 2. The van der Waals surface area contributed by atoms with Gasteiger partial charge >= 0.3 is 5.97 Å². The molecule has 0 aliphatic rings. The first-order valence-corrected chi connectivity index (χ1v) is 7.30. The number of ether oxygens (including phenoxy) is 1. The van der Waals surface area contributed by atoms with Gasteiger partial charge in [0, 0.05) is 0 Å². The van der Waals surface area contributed by atoms with Crippen molar-refractivity contribution in [2.45, 2.75) is 6.92 Å². The molecule has 0 fully saturated rings. The minimum absolute atomic E-state index is 0.343. The average Bonchev–Trinajstić information content (AvgIpc) is 2.82. The number of nitrogens with one attached hydrogen (secondary N) is 1. The predicted molar refractivity (Wildman–Crippen MR) is 79.9 cm³/mol. The van der Waals surface area contributed by atoms with Gasteiger partial charge in [-0.3, -0.25) is 10.1 Å². The van der Waals surface area contributed by atoms with E-state index in [4.69, 9.17) is 4.74 Å². The van der Waals surface area contributed by atoms with Crippen molar-refractivity contribution in [3.05, 3.63) is 45.4 Å². The summed E-state index contributed by atoms with van der Waals surface area (Å²) in [5.74, 6) is -0.951. The molecule has 1 aromatic carbocycles. The van der Waals surface area contributed by atoms with Crippen LogP contribution in [-0.2, 0) is 9.53 Å². The minimum Gasteiger partial charge on any atom is -0.452 e. The van der Waals surface area contributed by atoms with Crippen molar-refractivity contribution in [3.8, 4) is 0 Å². The molecule has 2 aromatic rings. The SMILES string of the molecule is Cc1ccc(C(=O)OCC(=O)Nc2ncc(Br)s2)cc1. The second kappa shape index (κ2) is 6.62. The fourth-order valence-corrected chi connectivity index (χ4v) is 2.49. The molecule has 1 N–H and O–H groups in total. The van der Waals surface area contributed by atoms with Gasteiger partial charge in [-0.05, 0) is 35.0 Å². The molecule has 0 aliphatic carbocycles. The lowest BCUT2D eigenvalue weighted by molar-refractivity contribution is -0.119. The van der Waals surface area contributed by atoms with Crippen molar-refractivity contribution in [1.29, 1.82) is 0 Å². The van der Waals surface area contributed by atoms with Gasteiger partial charge in [0.15, 0.2) is 11.7 Å². The molecule has 7 heteroatoms. The van der Waals surface area contributed by atoms with Crippen molar-refractivity contribution < 1.29 is 14.3 Å². The van der Waals surface area contributed by atoms with Gasteiger partial charge in [-0.25, -0.2) is 9.78 Å². The number of amides is 1. The lowest BCUT2D eigenvalue weighted by Crippen LogP contribution is -2.20. The Kier molecular flexibility index (Phi) is 4.86. The van der Waals surface area contributed by atoms with Crippen LogP contribution in [0.5, 0.6) is 0 Å². The van der Waals surface area contributed by atoms with E-state index in [2.05, 4.69) is 26.2 Å². The van der Waals surface area contributed by atoms with Crippen molar-refractivity contribution in [2.24, 2.45) is 0 Å². The van der Waals surface area contributed by atoms with Gasteiger partial charge in [0.05, 0.1) is 15.5 Å². The number of halogens is 1. The third-order valence-corrected chi connectivity index (χ3v) is 3.74. The number of nitrogens with zero attached hydrogens (tertiary/aromatic N) is 1. The van der Waals surface area contributed by atoms with Gasteiger partial charge in [0.2, 0.25) is 0 Å². The third kappa shape index (κ3) is 4.14. The molecule has 0 unspecified atom stereocenters. The predicted octanol–water partition coefficient (Wildman–Crippen LogP) is 3.01. The van der Waals surface area contributed by atoms with Crippen molar-refractivity contribution in [2.75, 3.05) is 11.9 Å². The van der Waals surface area contributed by atoms with E-state index in [1.54, 1.807) is 18.3 Å². The highest BCUT2D eigenvalue weighted by Crippen LogP contribution is 2.22. The number of benzene rings is 1. The monoisotopic (exact) mass is 354 g/mol. The van der Waals surface area contributed by atoms with Crippen LogP contribution in [0.15, 0.2) is 34.2 Å². The summed E-state index contributed by atoms with van der Waals surface area (Å²) in [4.78, 5) is 27.2. The molecule has 0 atom stereocenters. The fourth-order valence-electron chi connectivity index (χ4n) is 1.37. The lowest BCUT2D eigenvalue weighted by Gasteiger charge is -2.04. The van der Waals surface area contributed by atoms with Crippen LogP contribution in [0.4, 0.5) is 5.13 Å². The number of rotatable bonds is 4. The zero-order valence-corrected chi connectivity index (χ0v) is 13.0. The van der Waals surface area contributed by atoms with E-state index >= 15 is 0 Å². The Hall–Kier alpha value is -1.73. The summed E-state index contributed by atoms with van der Waals surface area (Å²) in [5.41, 5.74) is 1.47. The molecule has 1 aromatic heterocycles. The Morgan fingerprint density at radius 2 is 2.05 bits per heavy atom. The molecule has 2 rings (SSSR count). The van der Waals surface area contributed by atoms with E-state index in [0.29, 0.717) is 10.7 Å². The number of hydrogen-bond acceptors (Lipinski definition) is 5. The van der Waals surface area contributed by atoms with E-state index in [9.17, 15) is 9.59 Å². The second-order valence-electron chi connectivity index (χ2n) is 3.96. The molecule has 1 heterocycles. The molecular formula is C13H11BrN2O3S. The Balaban J connectivity index is 1.84. The summed E-state index contributed by atoms with van der Waals surface area (Å²) in [6, 6.07) is 6.94. The Morgan fingerprint density at radius 3 is 2.65 bits per heavy atom. The van der Waals surface area contributed by atoms with Crippen LogP contribution in [0.2, 0.25) is 0 Å². The van der Waals surface area contributed by atoms with Crippen LogP contribution in [0.3, 0.4) is 0 Å². The summed E-state index contributed by atoms with van der Waals surface area (Å²) in [5, 5.41) is 2.99. The molecule has 0 saturated heterocycles. The first-order chi connectivity index (χ1) is 9.54. The molecular weight excluding hydrogens is 344 g/mol. The number of carbonyl (C=O) groups is 2. The Labute approximate surface area is 128 Å². The largest absolute Gasteiger partial charge is 0.452 e. The molecule has 0 saturated carbocycles. The van der Waals surface area contributed by atoms with Gasteiger partial charge in [0.1, 0.15) is 0 Å². The van der Waals surface area contributed by atoms with Gasteiger partial charge < -0.3 is 4.74 Å². The molecule has 5 nitrogen and oxygen atoms in total. The molecule has 0 radical (unpaired) electrons. The van der Waals surface area contributed by atoms with Gasteiger partial charge in [-0.2, -0.15) is 0 Å². The summed E-state index contributed by atoms with van der Waals surface area (Å²) in [6.45, 7) is 1.58. The molecule has 0 aliphatic heterocycles. The quantitative estimate of drug-likeness (QED) is 0.856. The normalized spacial score (nSPS) is 10.1. The topological polar surface area (TPSA) is 68.3 Å². The average molecular weight is 355 g/mol. The van der Waals surface area contributed by atoms with Gasteiger partial charge in [-0.1, -0.05) is 29.0 Å². The molecule has 0 bridgehead atoms. The lowest BCUT2D eigenvalue weighted by atomic mass is 10.1. The third-order valence-electron chi connectivity index (χ3n) is 2.35. The van der Waals surface area contributed by atoms with Crippen molar-refractivity contribution >= 4 is 44.3 Å². The maximum Gasteiger partial charge on any atom is 0.338 e. The molecule has 104 valence electrons. The van der Waals surface area contributed by atoms with Gasteiger partial charge in [-0.15, -0.1) is 0 Å². The summed E-state index contributed by atoms with van der Waals surface area (Å²) >= 11 is 4.52. The van der Waals surface area contributed by atoms with Crippen molar-refractivity contribution in [1.82, 2.24) is 4.98 Å². The van der Waals surface area contributed by atoms with E-state index in [0.717, 1.165) is 9.35 Å². The zero-order chi connectivity index (χ0) is 14.5. The van der Waals surface area contributed by atoms with E-state index < -0.39 is 11.9 Å². The number of esters is 1. The highest BCUT2D eigenvalue weighted by Gasteiger charge is 2.11. The van der Waals surface area contributed by atoms with Crippen LogP contribution < -0.4 is 5.32 Å². The molecule has 20 heavy (non-hydrogen) atoms. The Morgan fingerprint density at radius 1 is 1.35 bits per heavy atom. The second-order valence-corrected chi connectivity index (χ2v) is 6.37. The van der Waals surface area contributed by atoms with Gasteiger partial charge in [0.25, 0.3) is 5.91 Å². The number of thiazole rings is 1. The number of aryl methyl sites for hydroxylation is 1. The minimum atomic E-state index is -0.527. The number of hydrogen-bond donors (Lipinski definition) is 1. The van der Waals surface area contributed by atoms with E-state index in [-0.39, 0.29) is 6.61 Å². The highest BCUT2D eigenvalue weighted by atomic mass is 79.9. The molecule has 0 spiro atoms. The molecule has 1 amide bonds. The fraction of sp³-hybridized carbons (Fsp3) is 0.154. The van der Waals surface area contributed by atoms with Crippen LogP contribution in [0, 0.1) is 6.92 Å². The summed E-state index contributed by atoms with van der Waals surface area (Å²) < 4.78 is 5.73. The van der Waals surface area contributed by atoms with Crippen molar-refractivity contribution in [3.63, 3.8) is 0 Å². The standard InChI is InChI=1S/C13H11BrN2O3S/c1-8-2-4-9(5-3-8)12(18)19-7-11(17)16-13-15-6-10(14)20-13/h2-6H,7H2,1H3,(H,15,16,17). The van der Waals surface area contributed by atoms with Crippen LogP contribution in [-0.4, -0.2) is 23.5 Å². The van der Waals surface area contributed by atoms with Crippen LogP contribution >= 0.6 is 27.3 Å². The first-order valence-electron chi connectivity index (χ1n) is 5.69. The maximum absolute atomic E-state index is 11.7. The van der Waals surface area contributed by atoms with E-state index in [1.165, 1.54) is 11.3 Å².